The summed E-state index contributed by atoms with van der Waals surface area (Å²) in [6.07, 6.45) is 0. The zero-order chi connectivity index (χ0) is 10.8. The number of hydrogen-bond acceptors (Lipinski definition) is 7. The first-order valence-electron chi connectivity index (χ1n) is 3.98. The van der Waals surface area contributed by atoms with E-state index in [1.165, 1.54) is 12.1 Å². The zero-order valence-electron chi connectivity index (χ0n) is 7.51. The third-order valence-corrected chi connectivity index (χ3v) is 1.58. The fourth-order valence-corrected chi connectivity index (χ4v) is 0.993. The Kier molecular flexibility index (Phi) is 2.01. The van der Waals surface area contributed by atoms with Gasteiger partial charge in [0.2, 0.25) is 11.9 Å². The molecule has 2 rings (SSSR count). The Labute approximate surface area is 83.4 Å². The van der Waals surface area contributed by atoms with Crippen LogP contribution >= 0.6 is 0 Å². The molecule has 0 unspecified atom stereocenters. The maximum atomic E-state index is 10.8. The molecule has 2 heterocycles. The van der Waals surface area contributed by atoms with E-state index < -0.39 is 0 Å². The van der Waals surface area contributed by atoms with Crippen LogP contribution in [0.3, 0.4) is 0 Å². The Bertz CT molecular complexity index is 509. The number of aromatic amines is 1. The summed E-state index contributed by atoms with van der Waals surface area (Å²) < 4.78 is 0. The van der Waals surface area contributed by atoms with Crippen molar-refractivity contribution >= 4 is 11.9 Å². The van der Waals surface area contributed by atoms with E-state index in [9.17, 15) is 4.79 Å². The van der Waals surface area contributed by atoms with Gasteiger partial charge in [-0.2, -0.15) is 20.1 Å². The molecule has 5 N–H and O–H groups in total. The van der Waals surface area contributed by atoms with Gasteiger partial charge in [-0.15, -0.1) is 0 Å². The van der Waals surface area contributed by atoms with Gasteiger partial charge in [-0.3, -0.25) is 4.79 Å². The quantitative estimate of drug-likeness (QED) is 0.531. The zero-order valence-corrected chi connectivity index (χ0v) is 7.51. The van der Waals surface area contributed by atoms with E-state index in [0.717, 1.165) is 0 Å². The van der Waals surface area contributed by atoms with Crippen molar-refractivity contribution < 1.29 is 0 Å². The van der Waals surface area contributed by atoms with Crippen molar-refractivity contribution in [1.29, 1.82) is 0 Å². The molecule has 0 radical (unpaired) electrons. The van der Waals surface area contributed by atoms with Gasteiger partial charge in [0.05, 0.1) is 0 Å². The van der Waals surface area contributed by atoms with Crippen LogP contribution in [0, 0.1) is 0 Å². The van der Waals surface area contributed by atoms with Crippen molar-refractivity contribution in [2.45, 2.75) is 0 Å². The van der Waals surface area contributed by atoms with Crippen LogP contribution in [0.1, 0.15) is 0 Å². The van der Waals surface area contributed by atoms with Crippen LogP contribution in [0.25, 0.3) is 11.5 Å². The number of H-pyrrole nitrogens is 1. The van der Waals surface area contributed by atoms with Gasteiger partial charge in [-0.25, -0.2) is 5.10 Å². The van der Waals surface area contributed by atoms with Gasteiger partial charge in [0, 0.05) is 6.07 Å². The SMILES string of the molecule is Nc1nc(N)nc(-c2ccc(=O)[nH]n2)n1. The molecule has 2 aromatic heterocycles. The lowest BCUT2D eigenvalue weighted by Crippen LogP contribution is -2.09. The molecule has 8 nitrogen and oxygen atoms in total. The van der Waals surface area contributed by atoms with Crippen LogP contribution in [-0.2, 0) is 0 Å². The minimum atomic E-state index is -0.311. The van der Waals surface area contributed by atoms with Crippen LogP contribution in [0.2, 0.25) is 0 Å². The van der Waals surface area contributed by atoms with Crippen LogP contribution in [0.15, 0.2) is 16.9 Å². The second-order valence-corrected chi connectivity index (χ2v) is 2.68. The lowest BCUT2D eigenvalue weighted by molar-refractivity contribution is 0.969. The van der Waals surface area contributed by atoms with Crippen molar-refractivity contribution in [3.05, 3.63) is 22.5 Å². The van der Waals surface area contributed by atoms with Crippen LogP contribution in [-0.4, -0.2) is 25.1 Å². The van der Waals surface area contributed by atoms with Crippen molar-refractivity contribution in [1.82, 2.24) is 25.1 Å². The molecule has 0 aromatic carbocycles. The van der Waals surface area contributed by atoms with E-state index in [-0.39, 0.29) is 23.3 Å². The Balaban J connectivity index is 2.53. The number of rotatable bonds is 1. The Hall–Kier alpha value is -2.51. The molecule has 0 saturated heterocycles. The number of hydrogen-bond donors (Lipinski definition) is 3. The number of anilines is 2. The second kappa shape index (κ2) is 3.33. The van der Waals surface area contributed by atoms with Crippen molar-refractivity contribution in [3.8, 4) is 11.5 Å². The number of nitrogens with two attached hydrogens (primary N) is 2. The largest absolute Gasteiger partial charge is 0.368 e. The van der Waals surface area contributed by atoms with Crippen LogP contribution < -0.4 is 17.0 Å². The highest BCUT2D eigenvalue weighted by atomic mass is 16.1. The van der Waals surface area contributed by atoms with E-state index in [0.29, 0.717) is 5.69 Å². The summed E-state index contributed by atoms with van der Waals surface area (Å²) in [5, 5.41) is 5.98. The molecule has 2 aromatic rings. The number of nitrogens with one attached hydrogen (secondary N) is 1. The third kappa shape index (κ3) is 1.88. The number of nitrogens with zero attached hydrogens (tertiary/aromatic N) is 4. The van der Waals surface area contributed by atoms with Crippen molar-refractivity contribution in [2.75, 3.05) is 11.5 Å². The van der Waals surface area contributed by atoms with Crippen molar-refractivity contribution in [2.24, 2.45) is 0 Å². The molecule has 0 saturated carbocycles. The van der Waals surface area contributed by atoms with Gasteiger partial charge in [0.1, 0.15) is 5.69 Å². The van der Waals surface area contributed by atoms with Gasteiger partial charge in [0.25, 0.3) is 5.56 Å². The average Bonchev–Trinajstić information content (AvgIpc) is 2.17. The summed E-state index contributed by atoms with van der Waals surface area (Å²) in [5.41, 5.74) is 10.8. The molecule has 8 heteroatoms. The predicted octanol–water partition coefficient (Wildman–Crippen LogP) is -1.21. The molecular weight excluding hydrogens is 198 g/mol. The summed E-state index contributed by atoms with van der Waals surface area (Å²) in [5.74, 6) is 0.229. The molecule has 0 amide bonds. The molecule has 0 spiro atoms. The molecule has 0 aliphatic heterocycles. The fraction of sp³-hybridized carbons (Fsp3) is 0. The topological polar surface area (TPSA) is 136 Å². The normalized spacial score (nSPS) is 10.1. The Morgan fingerprint density at radius 2 is 1.73 bits per heavy atom. The molecule has 15 heavy (non-hydrogen) atoms. The van der Waals surface area contributed by atoms with Gasteiger partial charge in [-0.05, 0) is 6.07 Å². The van der Waals surface area contributed by atoms with Gasteiger partial charge in [0.15, 0.2) is 5.82 Å². The predicted molar refractivity (Wildman–Crippen MR) is 52.5 cm³/mol. The maximum Gasteiger partial charge on any atom is 0.264 e. The lowest BCUT2D eigenvalue weighted by atomic mass is 10.4. The van der Waals surface area contributed by atoms with Gasteiger partial charge in [-0.1, -0.05) is 0 Å². The van der Waals surface area contributed by atoms with Gasteiger partial charge < -0.3 is 11.5 Å². The summed E-state index contributed by atoms with van der Waals surface area (Å²) in [6, 6.07) is 2.77. The Morgan fingerprint density at radius 1 is 1.07 bits per heavy atom. The van der Waals surface area contributed by atoms with Gasteiger partial charge >= 0.3 is 0 Å². The molecular formula is C7H7N7O. The molecule has 0 bridgehead atoms. The molecule has 0 fully saturated rings. The smallest absolute Gasteiger partial charge is 0.264 e. The first kappa shape index (κ1) is 9.06. The fourth-order valence-electron chi connectivity index (χ4n) is 0.993. The van der Waals surface area contributed by atoms with Crippen molar-refractivity contribution in [3.63, 3.8) is 0 Å². The van der Waals surface area contributed by atoms with Crippen LogP contribution in [0.4, 0.5) is 11.9 Å². The standard InChI is InChI=1S/C7H7N7O/c8-6-10-5(11-7(9)12-6)3-1-2-4(15)14-13-3/h1-2H,(H,14,15)(H4,8,9,10,11,12). The minimum absolute atomic E-state index is 0.00509. The van der Waals surface area contributed by atoms with E-state index in [1.54, 1.807) is 0 Å². The summed E-state index contributed by atoms with van der Waals surface area (Å²) >= 11 is 0. The maximum absolute atomic E-state index is 10.8. The molecule has 0 aliphatic rings. The van der Waals surface area contributed by atoms with E-state index in [2.05, 4.69) is 25.1 Å². The first-order valence-corrected chi connectivity index (χ1v) is 3.98. The number of aromatic nitrogens is 5. The summed E-state index contributed by atoms with van der Waals surface area (Å²) in [4.78, 5) is 22.0. The van der Waals surface area contributed by atoms with Crippen LogP contribution in [0.5, 0.6) is 0 Å². The highest BCUT2D eigenvalue weighted by molar-refractivity contribution is 5.50. The minimum Gasteiger partial charge on any atom is -0.368 e. The first-order chi connectivity index (χ1) is 7.15. The second-order valence-electron chi connectivity index (χ2n) is 2.68. The summed E-state index contributed by atoms with van der Waals surface area (Å²) in [7, 11) is 0. The summed E-state index contributed by atoms with van der Waals surface area (Å²) in [6.45, 7) is 0. The van der Waals surface area contributed by atoms with E-state index in [4.69, 9.17) is 11.5 Å². The molecule has 0 atom stereocenters. The lowest BCUT2D eigenvalue weighted by Gasteiger charge is -1.99. The van der Waals surface area contributed by atoms with E-state index in [1.807, 2.05) is 0 Å². The number of nitrogen functional groups attached to an aromatic ring is 2. The highest BCUT2D eigenvalue weighted by Crippen LogP contribution is 2.10. The molecule has 0 aliphatic carbocycles. The third-order valence-electron chi connectivity index (χ3n) is 1.58. The van der Waals surface area contributed by atoms with E-state index >= 15 is 0 Å². The monoisotopic (exact) mass is 205 g/mol. The highest BCUT2D eigenvalue weighted by Gasteiger charge is 2.05. The Morgan fingerprint density at radius 3 is 2.27 bits per heavy atom. The molecule has 76 valence electrons. The average molecular weight is 205 g/mol.